The first-order chi connectivity index (χ1) is 25.6. The molecule has 0 heterocycles. The Bertz CT molecular complexity index is 1010. The van der Waals surface area contributed by atoms with Gasteiger partial charge in [-0.05, 0) is 64.2 Å². The predicted molar refractivity (Wildman–Crippen MR) is 217 cm³/mol. The second-order valence-electron chi connectivity index (χ2n) is 15.2. The van der Waals surface area contributed by atoms with Crippen LogP contribution in [-0.4, -0.2) is 75.5 Å². The van der Waals surface area contributed by atoms with Gasteiger partial charge in [0.1, 0.15) is 12.6 Å². The van der Waals surface area contributed by atoms with Crippen molar-refractivity contribution in [3.63, 3.8) is 0 Å². The Morgan fingerprint density at radius 2 is 1.11 bits per heavy atom. The highest BCUT2D eigenvalue weighted by atomic mass is 16.6. The number of carboxylic acid groups (broad SMARTS) is 1. The number of carbonyl (C=O) groups is 3. The van der Waals surface area contributed by atoms with Crippen molar-refractivity contribution < 1.29 is 38.2 Å². The second-order valence-corrected chi connectivity index (χ2v) is 15.2. The van der Waals surface area contributed by atoms with E-state index in [2.05, 4.69) is 62.5 Å². The number of nitrogens with zero attached hydrogens (tertiary/aromatic N) is 1. The van der Waals surface area contributed by atoms with E-state index in [9.17, 15) is 19.5 Å². The van der Waals surface area contributed by atoms with Crippen LogP contribution in [0.5, 0.6) is 0 Å². The Balaban J connectivity index is 4.30. The van der Waals surface area contributed by atoms with Crippen molar-refractivity contribution in [3.05, 3.63) is 48.6 Å². The van der Waals surface area contributed by atoms with E-state index in [0.717, 1.165) is 51.4 Å². The van der Waals surface area contributed by atoms with Crippen LogP contribution < -0.4 is 5.11 Å². The van der Waals surface area contributed by atoms with Crippen LogP contribution in [0.2, 0.25) is 0 Å². The summed E-state index contributed by atoms with van der Waals surface area (Å²) in [5.74, 6) is -1.79. The Morgan fingerprint density at radius 3 is 1.70 bits per heavy atom. The van der Waals surface area contributed by atoms with Gasteiger partial charge in [0.2, 0.25) is 0 Å². The maximum atomic E-state index is 12.7. The van der Waals surface area contributed by atoms with E-state index in [1.807, 2.05) is 0 Å². The molecule has 0 aliphatic rings. The van der Waals surface area contributed by atoms with Gasteiger partial charge in [-0.1, -0.05) is 133 Å². The Morgan fingerprint density at radius 1 is 0.604 bits per heavy atom. The first-order valence-corrected chi connectivity index (χ1v) is 21.2. The summed E-state index contributed by atoms with van der Waals surface area (Å²) in [5.41, 5.74) is 0. The molecule has 0 aromatic carbocycles. The number of ether oxygens (including phenoxy) is 3. The molecule has 0 spiro atoms. The molecule has 53 heavy (non-hydrogen) atoms. The van der Waals surface area contributed by atoms with Gasteiger partial charge in [-0.2, -0.15) is 0 Å². The lowest BCUT2D eigenvalue weighted by Crippen LogP contribution is -2.55. The third kappa shape index (κ3) is 34.8. The zero-order valence-electron chi connectivity index (χ0n) is 34.7. The minimum absolute atomic E-state index is 0.0283. The Kier molecular flexibility index (Phi) is 34.4. The number of carboxylic acids is 1. The summed E-state index contributed by atoms with van der Waals surface area (Å²) in [6, 6.07) is -0.730. The van der Waals surface area contributed by atoms with E-state index in [1.54, 1.807) is 21.1 Å². The number of allylic oxidation sites excluding steroid dienone is 8. The highest BCUT2D eigenvalue weighted by Crippen LogP contribution is 2.14. The summed E-state index contributed by atoms with van der Waals surface area (Å²) in [6.45, 7) is 4.47. The maximum Gasteiger partial charge on any atom is 0.306 e. The topological polar surface area (TPSA) is 102 Å². The minimum atomic E-state index is -1.13. The molecule has 0 amide bonds. The molecule has 0 aliphatic carbocycles. The van der Waals surface area contributed by atoms with Gasteiger partial charge < -0.3 is 28.6 Å². The van der Waals surface area contributed by atoms with Crippen molar-refractivity contribution in [3.8, 4) is 0 Å². The van der Waals surface area contributed by atoms with Gasteiger partial charge in [0.25, 0.3) is 0 Å². The van der Waals surface area contributed by atoms with Gasteiger partial charge in [-0.15, -0.1) is 0 Å². The van der Waals surface area contributed by atoms with Gasteiger partial charge in [0.15, 0.2) is 6.10 Å². The molecule has 2 unspecified atom stereocenters. The Hall–Kier alpha value is -2.71. The Labute approximate surface area is 325 Å². The second kappa shape index (κ2) is 36.3. The van der Waals surface area contributed by atoms with Crippen LogP contribution in [0.15, 0.2) is 48.6 Å². The molecular formula is C45H79NO7. The normalized spacial score (nSPS) is 13.5. The van der Waals surface area contributed by atoms with Crippen molar-refractivity contribution in [2.24, 2.45) is 0 Å². The fourth-order valence-electron chi connectivity index (χ4n) is 5.92. The lowest BCUT2D eigenvalue weighted by atomic mass is 10.1. The van der Waals surface area contributed by atoms with Crippen molar-refractivity contribution in [1.82, 2.24) is 0 Å². The van der Waals surface area contributed by atoms with Gasteiger partial charge in [-0.3, -0.25) is 9.59 Å². The molecule has 0 bridgehead atoms. The number of hydrogen-bond acceptors (Lipinski definition) is 7. The molecule has 0 aromatic heterocycles. The predicted octanol–water partition coefficient (Wildman–Crippen LogP) is 9.91. The number of unbranched alkanes of at least 4 members (excludes halogenated alkanes) is 16. The number of rotatable bonds is 37. The summed E-state index contributed by atoms with van der Waals surface area (Å²) in [7, 11) is 5.39. The number of carbonyl (C=O) groups excluding carboxylic acids is 3. The largest absolute Gasteiger partial charge is 0.544 e. The summed E-state index contributed by atoms with van der Waals surface area (Å²) < 4.78 is 17.1. The molecule has 8 heteroatoms. The van der Waals surface area contributed by atoms with Crippen LogP contribution in [0.3, 0.4) is 0 Å². The standard InChI is InChI=1S/C45H79NO7/c1-6-8-10-12-14-16-17-18-19-20-21-22-23-24-25-26-28-30-32-34-36-44(48)53-41(39-51-38-37-42(45(49)50)46(3,4)5)40-52-43(47)35-33-31-29-27-15-13-11-9-7-2/h9,11,15-19,27,41-42H,6-8,10,12-14,20-26,28-40H2,1-5H3/b11-9+,17-16+,19-18+,27-15+. The van der Waals surface area contributed by atoms with Crippen LogP contribution >= 0.6 is 0 Å². The molecule has 0 saturated heterocycles. The summed E-state index contributed by atoms with van der Waals surface area (Å²) >= 11 is 0. The molecular weight excluding hydrogens is 666 g/mol. The molecule has 0 rings (SSSR count). The van der Waals surface area contributed by atoms with Crippen molar-refractivity contribution in [1.29, 1.82) is 0 Å². The number of esters is 2. The first-order valence-electron chi connectivity index (χ1n) is 21.2. The lowest BCUT2D eigenvalue weighted by molar-refractivity contribution is -0.889. The number of quaternary nitrogens is 1. The van der Waals surface area contributed by atoms with Gasteiger partial charge >= 0.3 is 11.9 Å². The molecule has 306 valence electrons. The third-order valence-electron chi connectivity index (χ3n) is 9.23. The lowest BCUT2D eigenvalue weighted by Gasteiger charge is -2.34. The summed E-state index contributed by atoms with van der Waals surface area (Å²) in [6.07, 6.45) is 41.5. The third-order valence-corrected chi connectivity index (χ3v) is 9.23. The average molecular weight is 746 g/mol. The molecule has 0 fully saturated rings. The van der Waals surface area contributed by atoms with Crippen LogP contribution in [0, 0.1) is 0 Å². The van der Waals surface area contributed by atoms with Gasteiger partial charge in [0.05, 0.1) is 40.3 Å². The van der Waals surface area contributed by atoms with Gasteiger partial charge in [-0.25, -0.2) is 0 Å². The van der Waals surface area contributed by atoms with Gasteiger partial charge in [0, 0.05) is 19.3 Å². The van der Waals surface area contributed by atoms with E-state index in [4.69, 9.17) is 14.2 Å². The van der Waals surface area contributed by atoms with Crippen LogP contribution in [0.25, 0.3) is 0 Å². The highest BCUT2D eigenvalue weighted by Gasteiger charge is 2.25. The fraction of sp³-hybridized carbons (Fsp3) is 0.756. The number of hydrogen-bond donors (Lipinski definition) is 0. The zero-order valence-corrected chi connectivity index (χ0v) is 34.7. The molecule has 0 radical (unpaired) electrons. The quantitative estimate of drug-likeness (QED) is 0.0205. The number of likely N-dealkylation sites (N-methyl/N-ethyl adjacent to an activating group) is 1. The molecule has 0 saturated carbocycles. The average Bonchev–Trinajstić information content (AvgIpc) is 3.11. The molecule has 8 nitrogen and oxygen atoms in total. The first kappa shape index (κ1) is 50.3. The SMILES string of the molecule is CC/C=C/C/C=C/CCCCC(=O)OCC(COCCC(C(=O)[O-])[N+](C)(C)C)OC(=O)CCCCCCCCCCCC/C=C/C=C/CCCCCC. The van der Waals surface area contributed by atoms with Crippen LogP contribution in [-0.2, 0) is 28.6 Å². The van der Waals surface area contributed by atoms with Crippen molar-refractivity contribution >= 4 is 17.9 Å². The zero-order chi connectivity index (χ0) is 39.3. The molecule has 2 atom stereocenters. The van der Waals surface area contributed by atoms with E-state index in [1.165, 1.54) is 83.5 Å². The number of aliphatic carboxylic acids is 1. The van der Waals surface area contributed by atoms with E-state index in [-0.39, 0.29) is 42.7 Å². The monoisotopic (exact) mass is 746 g/mol. The van der Waals surface area contributed by atoms with Crippen molar-refractivity contribution in [2.75, 3.05) is 41.0 Å². The molecule has 0 aromatic rings. The summed E-state index contributed by atoms with van der Waals surface area (Å²) in [5, 5.41) is 11.6. The van der Waals surface area contributed by atoms with E-state index >= 15 is 0 Å². The molecule has 0 aliphatic heterocycles. The summed E-state index contributed by atoms with van der Waals surface area (Å²) in [4.78, 5) is 36.7. The smallest absolute Gasteiger partial charge is 0.306 e. The minimum Gasteiger partial charge on any atom is -0.544 e. The maximum absolute atomic E-state index is 12.7. The highest BCUT2D eigenvalue weighted by molar-refractivity contribution is 5.70. The fourth-order valence-corrected chi connectivity index (χ4v) is 5.92. The van der Waals surface area contributed by atoms with E-state index < -0.39 is 18.1 Å². The molecule has 0 N–H and O–H groups in total. The van der Waals surface area contributed by atoms with Crippen LogP contribution in [0.1, 0.15) is 168 Å². The van der Waals surface area contributed by atoms with E-state index in [0.29, 0.717) is 12.8 Å². The van der Waals surface area contributed by atoms with Crippen molar-refractivity contribution in [2.45, 2.75) is 180 Å². The van der Waals surface area contributed by atoms with Crippen LogP contribution in [0.4, 0.5) is 0 Å².